The third-order valence-corrected chi connectivity index (χ3v) is 2.44. The Kier molecular flexibility index (Phi) is 4.05. The van der Waals surface area contributed by atoms with Crippen LogP contribution in [0.4, 0.5) is 0 Å². The Morgan fingerprint density at radius 1 is 1.58 bits per heavy atom. The molecule has 0 spiro atoms. The Hall–Kier alpha value is -0.0600. The normalized spacial score (nSPS) is 16.8. The van der Waals surface area contributed by atoms with E-state index in [9.17, 15) is 0 Å². The highest BCUT2D eigenvalue weighted by molar-refractivity contribution is 8.11. The molecule has 0 aromatic rings. The van der Waals surface area contributed by atoms with Crippen LogP contribution in [-0.2, 0) is 0 Å². The van der Waals surface area contributed by atoms with Crippen molar-refractivity contribution in [1.82, 2.24) is 5.32 Å². The van der Waals surface area contributed by atoms with Crippen molar-refractivity contribution in [3.8, 4) is 0 Å². The summed E-state index contributed by atoms with van der Waals surface area (Å²) >= 11 is 9.13. The van der Waals surface area contributed by atoms with Crippen LogP contribution >= 0.6 is 24.8 Å². The van der Waals surface area contributed by atoms with Gasteiger partial charge in [0.15, 0.2) is 0 Å². The number of hydrogen-bond donors (Lipinski definition) is 3. The molecule has 1 aliphatic rings. The van der Waals surface area contributed by atoms with Crippen LogP contribution in [0.2, 0.25) is 0 Å². The predicted octanol–water partition coefficient (Wildman–Crippen LogP) is 1.26. The number of allylic oxidation sites excluding steroid dienone is 1. The molecule has 0 heterocycles. The zero-order valence-corrected chi connectivity index (χ0v) is 8.55. The molecule has 1 rings (SSSR count). The largest absolute Gasteiger partial charge is 0.395 e. The number of aliphatic hydroxyl groups excluding tert-OH is 1. The van der Waals surface area contributed by atoms with Crippen molar-refractivity contribution in [2.75, 3.05) is 13.2 Å². The summed E-state index contributed by atoms with van der Waals surface area (Å²) in [5.74, 6) is 0. The molecule has 0 aliphatic heterocycles. The van der Waals surface area contributed by atoms with Crippen molar-refractivity contribution in [2.24, 2.45) is 0 Å². The molecule has 0 unspecified atom stereocenters. The van der Waals surface area contributed by atoms with Gasteiger partial charge in [0.25, 0.3) is 0 Å². The van der Waals surface area contributed by atoms with Crippen LogP contribution in [0.5, 0.6) is 0 Å². The molecule has 0 amide bonds. The van der Waals surface area contributed by atoms with Crippen molar-refractivity contribution in [3.05, 3.63) is 11.3 Å². The van der Waals surface area contributed by atoms with Crippen molar-refractivity contribution in [1.29, 1.82) is 0 Å². The third kappa shape index (κ3) is 2.47. The fraction of sp³-hybridized carbons (Fsp3) is 0.625. The van der Waals surface area contributed by atoms with Gasteiger partial charge in [0, 0.05) is 12.2 Å². The van der Waals surface area contributed by atoms with Crippen LogP contribution < -0.4 is 5.32 Å². The van der Waals surface area contributed by atoms with Gasteiger partial charge < -0.3 is 10.4 Å². The van der Waals surface area contributed by atoms with Crippen LogP contribution in [0.3, 0.4) is 0 Å². The van der Waals surface area contributed by atoms with Gasteiger partial charge in [0.1, 0.15) is 0 Å². The SMILES string of the molecule is OCCNC1=C(C(=S)S)CCC1. The van der Waals surface area contributed by atoms with E-state index in [1.54, 1.807) is 0 Å². The van der Waals surface area contributed by atoms with E-state index in [0.717, 1.165) is 24.8 Å². The van der Waals surface area contributed by atoms with Crippen molar-refractivity contribution in [3.63, 3.8) is 0 Å². The second-order valence-corrected chi connectivity index (χ2v) is 3.92. The summed E-state index contributed by atoms with van der Waals surface area (Å²) in [6.45, 7) is 0.769. The smallest absolute Gasteiger partial charge is 0.0724 e. The lowest BCUT2D eigenvalue weighted by Gasteiger charge is -2.07. The zero-order chi connectivity index (χ0) is 8.97. The summed E-state index contributed by atoms with van der Waals surface area (Å²) < 4.78 is 0.688. The monoisotopic (exact) mass is 203 g/mol. The summed E-state index contributed by atoms with van der Waals surface area (Å²) in [5.41, 5.74) is 2.32. The number of thiol groups is 1. The van der Waals surface area contributed by atoms with Gasteiger partial charge in [0.05, 0.1) is 10.8 Å². The van der Waals surface area contributed by atoms with Crippen LogP contribution in [0.1, 0.15) is 19.3 Å². The zero-order valence-electron chi connectivity index (χ0n) is 6.84. The second-order valence-electron chi connectivity index (χ2n) is 2.77. The van der Waals surface area contributed by atoms with E-state index in [2.05, 4.69) is 17.9 Å². The Morgan fingerprint density at radius 3 is 2.92 bits per heavy atom. The minimum absolute atomic E-state index is 0.163. The van der Waals surface area contributed by atoms with Gasteiger partial charge in [-0.1, -0.05) is 12.2 Å². The van der Waals surface area contributed by atoms with Gasteiger partial charge in [0.2, 0.25) is 0 Å². The van der Waals surface area contributed by atoms with Crippen molar-refractivity contribution >= 4 is 29.0 Å². The van der Waals surface area contributed by atoms with Crippen molar-refractivity contribution < 1.29 is 5.11 Å². The van der Waals surface area contributed by atoms with Gasteiger partial charge >= 0.3 is 0 Å². The standard InChI is InChI=1S/C8H13NOS2/c10-5-4-9-7-3-1-2-6(7)8(11)12/h9-10H,1-5H2,(H,11,12). The maximum atomic E-state index is 8.61. The van der Waals surface area contributed by atoms with E-state index >= 15 is 0 Å². The Morgan fingerprint density at radius 2 is 2.33 bits per heavy atom. The van der Waals surface area contributed by atoms with Crippen LogP contribution in [-0.4, -0.2) is 22.5 Å². The lowest BCUT2D eigenvalue weighted by atomic mass is 10.2. The first-order chi connectivity index (χ1) is 5.75. The fourth-order valence-corrected chi connectivity index (χ4v) is 1.85. The van der Waals surface area contributed by atoms with Gasteiger partial charge in [-0.25, -0.2) is 0 Å². The summed E-state index contributed by atoms with van der Waals surface area (Å²) in [5, 5.41) is 11.8. The van der Waals surface area contributed by atoms with Crippen LogP contribution in [0.15, 0.2) is 11.3 Å². The number of thiocarbonyl (C=S) groups is 1. The topological polar surface area (TPSA) is 32.3 Å². The molecule has 0 saturated carbocycles. The number of rotatable bonds is 4. The second kappa shape index (κ2) is 4.84. The van der Waals surface area contributed by atoms with E-state index in [1.807, 2.05) is 0 Å². The molecule has 0 atom stereocenters. The Labute approximate surface area is 83.5 Å². The Balaban J connectivity index is 2.57. The minimum Gasteiger partial charge on any atom is -0.395 e. The molecule has 1 aliphatic carbocycles. The molecule has 0 saturated heterocycles. The highest BCUT2D eigenvalue weighted by Gasteiger charge is 2.15. The molecular weight excluding hydrogens is 190 g/mol. The van der Waals surface area contributed by atoms with E-state index in [-0.39, 0.29) is 6.61 Å². The quantitative estimate of drug-likeness (QED) is 0.475. The van der Waals surface area contributed by atoms with E-state index in [4.69, 9.17) is 17.3 Å². The molecule has 0 aromatic heterocycles. The van der Waals surface area contributed by atoms with Crippen molar-refractivity contribution in [2.45, 2.75) is 19.3 Å². The Bertz CT molecular complexity index is 213. The summed E-state index contributed by atoms with van der Waals surface area (Å²) in [6, 6.07) is 0. The summed E-state index contributed by atoms with van der Waals surface area (Å²) in [4.78, 5) is 0. The van der Waals surface area contributed by atoms with Crippen LogP contribution in [0, 0.1) is 0 Å². The molecular formula is C8H13NOS2. The molecule has 2 nitrogen and oxygen atoms in total. The molecule has 0 radical (unpaired) electrons. The highest BCUT2D eigenvalue weighted by atomic mass is 32.1. The molecule has 0 aromatic carbocycles. The number of hydrogen-bond acceptors (Lipinski definition) is 3. The lowest BCUT2D eigenvalue weighted by Crippen LogP contribution is -2.18. The molecule has 68 valence electrons. The number of aliphatic hydroxyl groups is 1. The highest BCUT2D eigenvalue weighted by Crippen LogP contribution is 2.26. The van der Waals surface area contributed by atoms with E-state index in [0.29, 0.717) is 10.7 Å². The maximum absolute atomic E-state index is 8.61. The van der Waals surface area contributed by atoms with E-state index < -0.39 is 0 Å². The third-order valence-electron chi connectivity index (χ3n) is 1.93. The molecule has 2 N–H and O–H groups in total. The predicted molar refractivity (Wildman–Crippen MR) is 57.5 cm³/mol. The number of nitrogens with one attached hydrogen (secondary N) is 1. The first kappa shape index (κ1) is 10.0. The minimum atomic E-state index is 0.163. The maximum Gasteiger partial charge on any atom is 0.0724 e. The molecule has 0 bridgehead atoms. The summed E-state index contributed by atoms with van der Waals surface area (Å²) in [7, 11) is 0. The van der Waals surface area contributed by atoms with Crippen LogP contribution in [0.25, 0.3) is 0 Å². The first-order valence-corrected chi connectivity index (χ1v) is 4.91. The summed E-state index contributed by atoms with van der Waals surface area (Å²) in [6.07, 6.45) is 3.20. The fourth-order valence-electron chi connectivity index (χ4n) is 1.38. The van der Waals surface area contributed by atoms with Gasteiger partial charge in [-0.3, -0.25) is 0 Å². The van der Waals surface area contributed by atoms with Gasteiger partial charge in [-0.2, -0.15) is 0 Å². The average molecular weight is 203 g/mol. The lowest BCUT2D eigenvalue weighted by molar-refractivity contribution is 0.296. The average Bonchev–Trinajstić information content (AvgIpc) is 2.48. The molecule has 4 heteroatoms. The van der Waals surface area contributed by atoms with Gasteiger partial charge in [-0.05, 0) is 24.8 Å². The molecule has 0 fully saturated rings. The van der Waals surface area contributed by atoms with E-state index in [1.165, 1.54) is 5.70 Å². The first-order valence-electron chi connectivity index (χ1n) is 4.05. The molecule has 12 heavy (non-hydrogen) atoms. The van der Waals surface area contributed by atoms with Gasteiger partial charge in [-0.15, -0.1) is 12.6 Å².